The number of nitrogens with zero attached hydrogens (tertiary/aromatic N) is 4. The normalized spacial score (nSPS) is 11.9. The number of benzene rings is 1. The predicted octanol–water partition coefficient (Wildman–Crippen LogP) is -0.866. The fourth-order valence-electron chi connectivity index (χ4n) is 2.47. The average Bonchev–Trinajstić information content (AvgIpc) is 3.09. The maximum Gasteiger partial charge on any atom is 0.326 e. The lowest BCUT2D eigenvalue weighted by Crippen LogP contribution is -2.41. The van der Waals surface area contributed by atoms with Crippen LogP contribution in [0, 0.1) is 0 Å². The summed E-state index contributed by atoms with van der Waals surface area (Å²) < 4.78 is 0. The van der Waals surface area contributed by atoms with E-state index in [1.54, 1.807) is 0 Å². The number of nitrogens with two attached hydrogens (primary N) is 1. The van der Waals surface area contributed by atoms with Crippen LogP contribution in [0.15, 0.2) is 29.1 Å². The van der Waals surface area contributed by atoms with E-state index in [0.717, 1.165) is 4.80 Å². The molecule has 2 heterocycles. The number of aliphatic carboxylic acids is 2. The van der Waals surface area contributed by atoms with Crippen LogP contribution in [0.2, 0.25) is 0 Å². The molecule has 0 aliphatic carbocycles. The van der Waals surface area contributed by atoms with Crippen molar-refractivity contribution in [1.82, 2.24) is 30.3 Å². The van der Waals surface area contributed by atoms with E-state index in [1.165, 1.54) is 24.3 Å². The topological polar surface area (TPSA) is 206 Å². The van der Waals surface area contributed by atoms with Gasteiger partial charge in [0, 0.05) is 12.0 Å². The van der Waals surface area contributed by atoms with Gasteiger partial charge in [-0.1, -0.05) is 0 Å². The monoisotopic (exact) mass is 401 g/mol. The Labute approximate surface area is 161 Å². The second-order valence-electron chi connectivity index (χ2n) is 5.96. The second kappa shape index (κ2) is 7.75. The number of fused-ring (bicyclic) bond motifs is 1. The van der Waals surface area contributed by atoms with Gasteiger partial charge in [-0.2, -0.15) is 4.98 Å². The van der Waals surface area contributed by atoms with E-state index in [2.05, 4.69) is 25.5 Å². The van der Waals surface area contributed by atoms with Crippen molar-refractivity contribution in [1.29, 1.82) is 0 Å². The quantitative estimate of drug-likeness (QED) is 0.331. The van der Waals surface area contributed by atoms with Crippen LogP contribution in [0.25, 0.3) is 16.9 Å². The van der Waals surface area contributed by atoms with Crippen LogP contribution in [0.3, 0.4) is 0 Å². The summed E-state index contributed by atoms with van der Waals surface area (Å²) >= 11 is 0. The van der Waals surface area contributed by atoms with Crippen molar-refractivity contribution in [3.05, 3.63) is 40.2 Å². The molecular weight excluding hydrogens is 386 g/mol. The summed E-state index contributed by atoms with van der Waals surface area (Å²) in [6.45, 7) is 0. The Morgan fingerprint density at radius 3 is 2.48 bits per heavy atom. The van der Waals surface area contributed by atoms with Gasteiger partial charge in [0.05, 0.1) is 5.69 Å². The standard InChI is InChI=1S/C16H15N7O6/c17-16-19-12-11(14(27)20-16)21-23(22-12)8-3-1-7(2-4-8)13(26)18-9(15(28)29)5-6-10(24)25/h1-4,9H,5-6H2,(H,18,26)(H,24,25)(H,28,29)(H3,17,19,20,22,27)/t9-/m1/s1. The lowest BCUT2D eigenvalue weighted by Gasteiger charge is -2.13. The van der Waals surface area contributed by atoms with Gasteiger partial charge >= 0.3 is 11.9 Å². The fraction of sp³-hybridized carbons (Fsp3) is 0.188. The summed E-state index contributed by atoms with van der Waals surface area (Å²) in [7, 11) is 0. The number of rotatable bonds is 7. The van der Waals surface area contributed by atoms with Crippen molar-refractivity contribution in [2.24, 2.45) is 0 Å². The van der Waals surface area contributed by atoms with Crippen LogP contribution in [0.4, 0.5) is 5.95 Å². The Balaban J connectivity index is 1.78. The highest BCUT2D eigenvalue weighted by Gasteiger charge is 2.21. The van der Waals surface area contributed by atoms with Gasteiger partial charge in [0.25, 0.3) is 11.5 Å². The number of H-pyrrole nitrogens is 1. The molecule has 0 saturated heterocycles. The highest BCUT2D eigenvalue weighted by Crippen LogP contribution is 2.11. The number of carboxylic acids is 2. The number of carbonyl (C=O) groups is 3. The second-order valence-corrected chi connectivity index (χ2v) is 5.96. The Morgan fingerprint density at radius 2 is 1.86 bits per heavy atom. The summed E-state index contributed by atoms with van der Waals surface area (Å²) in [6.07, 6.45) is -0.643. The van der Waals surface area contributed by atoms with Gasteiger partial charge in [0.15, 0.2) is 5.52 Å². The third kappa shape index (κ3) is 4.35. The first-order valence-corrected chi connectivity index (χ1v) is 8.23. The average molecular weight is 401 g/mol. The molecule has 1 aromatic carbocycles. The third-order valence-electron chi connectivity index (χ3n) is 3.89. The molecule has 6 N–H and O–H groups in total. The van der Waals surface area contributed by atoms with E-state index >= 15 is 0 Å². The van der Waals surface area contributed by atoms with Crippen molar-refractivity contribution >= 4 is 35.0 Å². The van der Waals surface area contributed by atoms with E-state index in [4.69, 9.17) is 15.9 Å². The van der Waals surface area contributed by atoms with Crippen molar-refractivity contribution in [3.63, 3.8) is 0 Å². The van der Waals surface area contributed by atoms with Crippen LogP contribution >= 0.6 is 0 Å². The number of carbonyl (C=O) groups excluding carboxylic acids is 1. The molecule has 1 amide bonds. The lowest BCUT2D eigenvalue weighted by molar-refractivity contribution is -0.140. The molecule has 0 aliphatic heterocycles. The zero-order valence-corrected chi connectivity index (χ0v) is 14.7. The van der Waals surface area contributed by atoms with E-state index in [9.17, 15) is 19.2 Å². The Kier molecular flexibility index (Phi) is 5.21. The summed E-state index contributed by atoms with van der Waals surface area (Å²) in [6, 6.07) is 4.44. The van der Waals surface area contributed by atoms with Crippen molar-refractivity contribution in [3.8, 4) is 5.69 Å². The molecule has 13 heteroatoms. The van der Waals surface area contributed by atoms with Crippen molar-refractivity contribution in [2.75, 3.05) is 5.73 Å². The van der Waals surface area contributed by atoms with Gasteiger partial charge < -0.3 is 21.3 Å². The van der Waals surface area contributed by atoms with Gasteiger partial charge in [-0.05, 0) is 30.7 Å². The molecular formula is C16H15N7O6. The molecule has 2 aromatic heterocycles. The van der Waals surface area contributed by atoms with E-state index < -0.39 is 35.9 Å². The number of nitrogens with one attached hydrogen (secondary N) is 2. The molecule has 13 nitrogen and oxygen atoms in total. The first-order chi connectivity index (χ1) is 13.7. The smallest absolute Gasteiger partial charge is 0.326 e. The molecule has 3 rings (SSSR count). The molecule has 0 spiro atoms. The molecule has 0 fully saturated rings. The largest absolute Gasteiger partial charge is 0.481 e. The molecule has 1 atom stereocenters. The first-order valence-electron chi connectivity index (χ1n) is 8.23. The number of carboxylic acid groups (broad SMARTS) is 2. The molecule has 3 aromatic rings. The molecule has 0 bridgehead atoms. The van der Waals surface area contributed by atoms with E-state index in [-0.39, 0.29) is 29.1 Å². The Hall–Kier alpha value is -4.29. The van der Waals surface area contributed by atoms with Gasteiger partial charge in [-0.15, -0.1) is 15.0 Å². The van der Waals surface area contributed by atoms with Gasteiger partial charge in [-0.3, -0.25) is 19.4 Å². The van der Waals surface area contributed by atoms with Crippen LogP contribution in [0.1, 0.15) is 23.2 Å². The van der Waals surface area contributed by atoms with Crippen molar-refractivity contribution < 1.29 is 24.6 Å². The Morgan fingerprint density at radius 1 is 1.17 bits per heavy atom. The molecule has 150 valence electrons. The number of aromatic nitrogens is 5. The van der Waals surface area contributed by atoms with E-state index in [1.807, 2.05) is 0 Å². The maximum absolute atomic E-state index is 12.2. The van der Waals surface area contributed by atoms with Gasteiger partial charge in [-0.25, -0.2) is 4.79 Å². The van der Waals surface area contributed by atoms with Crippen molar-refractivity contribution in [2.45, 2.75) is 18.9 Å². The van der Waals surface area contributed by atoms with Crippen LogP contribution in [-0.4, -0.2) is 59.1 Å². The van der Waals surface area contributed by atoms with Gasteiger partial charge in [0.2, 0.25) is 11.6 Å². The minimum atomic E-state index is -1.33. The SMILES string of the molecule is Nc1nc2nn(-c3ccc(C(=O)N[C@H](CCC(=O)O)C(=O)O)cc3)nc2c(=O)[nH]1. The van der Waals surface area contributed by atoms with Crippen LogP contribution in [0.5, 0.6) is 0 Å². The van der Waals surface area contributed by atoms with E-state index in [0.29, 0.717) is 5.69 Å². The molecule has 0 unspecified atom stereocenters. The summed E-state index contributed by atoms with van der Waals surface area (Å²) in [4.78, 5) is 53.2. The van der Waals surface area contributed by atoms with Crippen LogP contribution in [-0.2, 0) is 9.59 Å². The lowest BCUT2D eigenvalue weighted by atomic mass is 10.1. The van der Waals surface area contributed by atoms with Crippen LogP contribution < -0.4 is 16.6 Å². The molecule has 0 radical (unpaired) electrons. The molecule has 0 saturated carbocycles. The number of amides is 1. The van der Waals surface area contributed by atoms with Gasteiger partial charge in [0.1, 0.15) is 6.04 Å². The third-order valence-corrected chi connectivity index (χ3v) is 3.89. The number of hydrogen-bond donors (Lipinski definition) is 5. The zero-order valence-electron chi connectivity index (χ0n) is 14.7. The first kappa shape index (κ1) is 19.5. The number of nitrogen functional groups attached to an aromatic ring is 1. The maximum atomic E-state index is 12.2. The summed E-state index contributed by atoms with van der Waals surface area (Å²) in [5.41, 5.74) is 5.52. The number of anilines is 1. The minimum Gasteiger partial charge on any atom is -0.481 e. The highest BCUT2D eigenvalue weighted by atomic mass is 16.4. The summed E-state index contributed by atoms with van der Waals surface area (Å²) in [5, 5.41) is 28.1. The highest BCUT2D eigenvalue weighted by molar-refractivity contribution is 5.96. The fourth-order valence-corrected chi connectivity index (χ4v) is 2.47. The molecule has 29 heavy (non-hydrogen) atoms. The number of hydrogen-bond acceptors (Lipinski definition) is 8. The predicted molar refractivity (Wildman–Crippen MR) is 97.5 cm³/mol. The molecule has 0 aliphatic rings. The number of aromatic amines is 1. The minimum absolute atomic E-state index is 0.0104. The summed E-state index contributed by atoms with van der Waals surface area (Å²) in [5.74, 6) is -3.28. The zero-order chi connectivity index (χ0) is 21.1. The Bertz CT molecular complexity index is 1150.